The number of carbonyl (C=O) groups excluding carboxylic acids is 1. The second-order valence-corrected chi connectivity index (χ2v) is 3.98. The van der Waals surface area contributed by atoms with Crippen molar-refractivity contribution in [2.24, 2.45) is 0 Å². The van der Waals surface area contributed by atoms with E-state index in [1.165, 1.54) is 6.92 Å². The fourth-order valence-corrected chi connectivity index (χ4v) is 1.64. The zero-order chi connectivity index (χ0) is 13.0. The van der Waals surface area contributed by atoms with Crippen LogP contribution in [-0.2, 0) is 4.79 Å². The van der Waals surface area contributed by atoms with Gasteiger partial charge in [0.05, 0.1) is 11.9 Å². The Kier molecular flexibility index (Phi) is 3.57. The number of pyridine rings is 1. The molecular weight excluding hydrogens is 226 g/mol. The molecule has 0 atom stereocenters. The summed E-state index contributed by atoms with van der Waals surface area (Å²) in [6, 6.07) is 13.7. The molecule has 2 aromatic rings. The van der Waals surface area contributed by atoms with Crippen LogP contribution in [0.25, 0.3) is 0 Å². The average Bonchev–Trinajstić information content (AvgIpc) is 2.39. The second-order valence-electron chi connectivity index (χ2n) is 3.98. The van der Waals surface area contributed by atoms with Crippen molar-refractivity contribution in [3.05, 3.63) is 48.7 Å². The van der Waals surface area contributed by atoms with Gasteiger partial charge in [0, 0.05) is 19.7 Å². The van der Waals surface area contributed by atoms with Gasteiger partial charge in [0.1, 0.15) is 5.82 Å². The summed E-state index contributed by atoms with van der Waals surface area (Å²) in [4.78, 5) is 17.1. The van der Waals surface area contributed by atoms with Crippen LogP contribution < -0.4 is 10.2 Å². The minimum Gasteiger partial charge on any atom is -0.343 e. The lowest BCUT2D eigenvalue weighted by Crippen LogP contribution is -2.11. The summed E-state index contributed by atoms with van der Waals surface area (Å²) in [5.74, 6) is 0.444. The lowest BCUT2D eigenvalue weighted by atomic mass is 10.2. The molecule has 0 aliphatic heterocycles. The number of aromatic nitrogens is 1. The van der Waals surface area contributed by atoms with E-state index < -0.39 is 0 Å². The number of hydrogen-bond donors (Lipinski definition) is 1. The van der Waals surface area contributed by atoms with Crippen LogP contribution in [0.15, 0.2) is 48.7 Å². The van der Waals surface area contributed by atoms with Crippen molar-refractivity contribution in [2.45, 2.75) is 6.92 Å². The van der Waals surface area contributed by atoms with Crippen molar-refractivity contribution >= 4 is 23.1 Å². The summed E-state index contributed by atoms with van der Waals surface area (Å²) in [6.07, 6.45) is 1.73. The number of nitrogens with one attached hydrogen (secondary N) is 1. The van der Waals surface area contributed by atoms with E-state index in [1.54, 1.807) is 12.3 Å². The standard InChI is InChI=1S/C14H15N3O/c1-11(18)16-14-9-8-13(10-15-14)17(2)12-6-4-3-5-7-12/h3-10H,1-2H3,(H,15,16,18). The molecule has 18 heavy (non-hydrogen) atoms. The molecule has 0 aliphatic carbocycles. The van der Waals surface area contributed by atoms with Crippen LogP contribution >= 0.6 is 0 Å². The Bertz CT molecular complexity index is 522. The number of amides is 1. The zero-order valence-corrected chi connectivity index (χ0v) is 10.4. The molecule has 92 valence electrons. The van der Waals surface area contributed by atoms with Gasteiger partial charge in [-0.1, -0.05) is 18.2 Å². The molecule has 1 aromatic heterocycles. The summed E-state index contributed by atoms with van der Waals surface area (Å²) < 4.78 is 0. The number of benzene rings is 1. The number of anilines is 3. The van der Waals surface area contributed by atoms with Gasteiger partial charge >= 0.3 is 0 Å². The van der Waals surface area contributed by atoms with Crippen molar-refractivity contribution in [3.8, 4) is 0 Å². The van der Waals surface area contributed by atoms with Crippen LogP contribution in [-0.4, -0.2) is 17.9 Å². The van der Waals surface area contributed by atoms with Crippen molar-refractivity contribution in [3.63, 3.8) is 0 Å². The first-order chi connectivity index (χ1) is 8.66. The zero-order valence-electron chi connectivity index (χ0n) is 10.4. The lowest BCUT2D eigenvalue weighted by Gasteiger charge is -2.19. The fourth-order valence-electron chi connectivity index (χ4n) is 1.64. The third kappa shape index (κ3) is 2.85. The van der Waals surface area contributed by atoms with E-state index in [9.17, 15) is 4.79 Å². The molecule has 0 radical (unpaired) electrons. The minimum absolute atomic E-state index is 0.119. The highest BCUT2D eigenvalue weighted by Crippen LogP contribution is 2.22. The van der Waals surface area contributed by atoms with Crippen LogP contribution in [0.2, 0.25) is 0 Å². The fraction of sp³-hybridized carbons (Fsp3) is 0.143. The Morgan fingerprint density at radius 2 is 1.83 bits per heavy atom. The highest BCUT2D eigenvalue weighted by molar-refractivity contribution is 5.87. The van der Waals surface area contributed by atoms with Crippen LogP contribution in [0.3, 0.4) is 0 Å². The van der Waals surface area contributed by atoms with E-state index in [0.29, 0.717) is 5.82 Å². The van der Waals surface area contributed by atoms with Crippen LogP contribution in [0.1, 0.15) is 6.92 Å². The lowest BCUT2D eigenvalue weighted by molar-refractivity contribution is -0.114. The second kappa shape index (κ2) is 5.31. The predicted octanol–water partition coefficient (Wildman–Crippen LogP) is 2.81. The van der Waals surface area contributed by atoms with Gasteiger partial charge in [0.2, 0.25) is 5.91 Å². The van der Waals surface area contributed by atoms with E-state index in [-0.39, 0.29) is 5.91 Å². The van der Waals surface area contributed by atoms with Crippen LogP contribution in [0, 0.1) is 0 Å². The monoisotopic (exact) mass is 241 g/mol. The molecule has 0 bridgehead atoms. The molecule has 1 amide bonds. The minimum atomic E-state index is -0.119. The van der Waals surface area contributed by atoms with E-state index >= 15 is 0 Å². The smallest absolute Gasteiger partial charge is 0.222 e. The maximum atomic E-state index is 10.9. The first kappa shape index (κ1) is 12.1. The van der Waals surface area contributed by atoms with Gasteiger partial charge in [0.25, 0.3) is 0 Å². The SMILES string of the molecule is CC(=O)Nc1ccc(N(C)c2ccccc2)cn1. The Morgan fingerprint density at radius 1 is 1.11 bits per heavy atom. The Morgan fingerprint density at radius 3 is 2.39 bits per heavy atom. The van der Waals surface area contributed by atoms with E-state index in [4.69, 9.17) is 0 Å². The first-order valence-corrected chi connectivity index (χ1v) is 5.69. The molecule has 0 spiro atoms. The van der Waals surface area contributed by atoms with Gasteiger partial charge in [-0.05, 0) is 24.3 Å². The highest BCUT2D eigenvalue weighted by atomic mass is 16.1. The summed E-state index contributed by atoms with van der Waals surface area (Å²) in [6.45, 7) is 1.46. The molecule has 1 heterocycles. The molecule has 0 unspecified atom stereocenters. The molecule has 0 saturated carbocycles. The quantitative estimate of drug-likeness (QED) is 0.898. The molecule has 1 N–H and O–H groups in total. The van der Waals surface area contributed by atoms with Crippen molar-refractivity contribution in [1.82, 2.24) is 4.98 Å². The Balaban J connectivity index is 2.17. The molecule has 0 fully saturated rings. The molecular formula is C14H15N3O. The molecule has 4 nitrogen and oxygen atoms in total. The first-order valence-electron chi connectivity index (χ1n) is 5.69. The van der Waals surface area contributed by atoms with Crippen molar-refractivity contribution < 1.29 is 4.79 Å². The van der Waals surface area contributed by atoms with Gasteiger partial charge in [-0.25, -0.2) is 4.98 Å². The van der Waals surface area contributed by atoms with Crippen molar-refractivity contribution in [1.29, 1.82) is 0 Å². The predicted molar refractivity (Wildman–Crippen MR) is 73.0 cm³/mol. The van der Waals surface area contributed by atoms with Gasteiger partial charge in [-0.3, -0.25) is 4.79 Å². The maximum Gasteiger partial charge on any atom is 0.222 e. The van der Waals surface area contributed by atoms with E-state index in [2.05, 4.69) is 10.3 Å². The van der Waals surface area contributed by atoms with E-state index in [1.807, 2.05) is 48.3 Å². The average molecular weight is 241 g/mol. The van der Waals surface area contributed by atoms with Crippen LogP contribution in [0.4, 0.5) is 17.2 Å². The number of carbonyl (C=O) groups is 1. The summed E-state index contributed by atoms with van der Waals surface area (Å²) >= 11 is 0. The third-order valence-electron chi connectivity index (χ3n) is 2.58. The number of rotatable bonds is 3. The molecule has 0 aliphatic rings. The normalized spacial score (nSPS) is 9.89. The van der Waals surface area contributed by atoms with Gasteiger partial charge in [-0.15, -0.1) is 0 Å². The van der Waals surface area contributed by atoms with Crippen molar-refractivity contribution in [2.75, 3.05) is 17.3 Å². The Labute approximate surface area is 106 Å². The largest absolute Gasteiger partial charge is 0.343 e. The summed E-state index contributed by atoms with van der Waals surface area (Å²) in [7, 11) is 1.98. The number of nitrogens with zero attached hydrogens (tertiary/aromatic N) is 2. The summed E-state index contributed by atoms with van der Waals surface area (Å²) in [5, 5.41) is 2.64. The molecule has 4 heteroatoms. The van der Waals surface area contributed by atoms with Crippen LogP contribution in [0.5, 0.6) is 0 Å². The number of para-hydroxylation sites is 1. The third-order valence-corrected chi connectivity index (χ3v) is 2.58. The van der Waals surface area contributed by atoms with E-state index in [0.717, 1.165) is 11.4 Å². The topological polar surface area (TPSA) is 45.2 Å². The summed E-state index contributed by atoms with van der Waals surface area (Å²) in [5.41, 5.74) is 2.06. The Hall–Kier alpha value is -2.36. The highest BCUT2D eigenvalue weighted by Gasteiger charge is 2.04. The van der Waals surface area contributed by atoms with Gasteiger partial charge in [0.15, 0.2) is 0 Å². The van der Waals surface area contributed by atoms with Gasteiger partial charge < -0.3 is 10.2 Å². The molecule has 0 saturated heterocycles. The molecule has 1 aromatic carbocycles. The maximum absolute atomic E-state index is 10.9. The number of hydrogen-bond acceptors (Lipinski definition) is 3. The molecule has 2 rings (SSSR count). The van der Waals surface area contributed by atoms with Gasteiger partial charge in [-0.2, -0.15) is 0 Å².